The molecule has 3 rings (SSSR count). The van der Waals surface area contributed by atoms with Gasteiger partial charge in [-0.3, -0.25) is 4.98 Å². The minimum atomic E-state index is -0.264. The van der Waals surface area contributed by atoms with E-state index >= 15 is 0 Å². The number of urea groups is 1. The van der Waals surface area contributed by atoms with Crippen LogP contribution in [-0.4, -0.2) is 18.1 Å². The quantitative estimate of drug-likeness (QED) is 0.734. The minimum absolute atomic E-state index is 0.264. The Labute approximate surface area is 144 Å². The maximum absolute atomic E-state index is 12.1. The van der Waals surface area contributed by atoms with Crippen LogP contribution >= 0.6 is 11.3 Å². The smallest absolute Gasteiger partial charge is 0.319 e. The maximum atomic E-state index is 12.1. The molecule has 24 heavy (non-hydrogen) atoms. The van der Waals surface area contributed by atoms with Crippen LogP contribution in [0.15, 0.2) is 59.4 Å². The second-order valence-electron chi connectivity index (χ2n) is 5.06. The molecule has 0 unspecified atom stereocenters. The van der Waals surface area contributed by atoms with E-state index in [1.165, 1.54) is 0 Å². The number of nitrogens with zero attached hydrogens (tertiary/aromatic N) is 1. The number of pyridine rings is 1. The summed E-state index contributed by atoms with van der Waals surface area (Å²) >= 11 is 1.62. The molecular formula is C18H17N3O2S. The van der Waals surface area contributed by atoms with E-state index in [0.29, 0.717) is 12.2 Å². The first-order chi connectivity index (χ1) is 11.8. The van der Waals surface area contributed by atoms with Gasteiger partial charge in [0.25, 0.3) is 0 Å². The third-order valence-corrected chi connectivity index (χ3v) is 4.16. The van der Waals surface area contributed by atoms with Crippen LogP contribution in [0.4, 0.5) is 10.5 Å². The molecular weight excluding hydrogens is 322 g/mol. The highest BCUT2D eigenvalue weighted by atomic mass is 32.1. The molecule has 2 aromatic heterocycles. The number of anilines is 1. The Balaban J connectivity index is 1.62. The highest BCUT2D eigenvalue weighted by Crippen LogP contribution is 2.23. The molecule has 0 saturated carbocycles. The van der Waals surface area contributed by atoms with E-state index < -0.39 is 0 Å². The van der Waals surface area contributed by atoms with Gasteiger partial charge in [0.1, 0.15) is 5.75 Å². The number of thiophene rings is 1. The van der Waals surface area contributed by atoms with Gasteiger partial charge in [-0.1, -0.05) is 6.07 Å². The molecule has 0 saturated heterocycles. The van der Waals surface area contributed by atoms with Crippen molar-refractivity contribution in [2.75, 3.05) is 12.4 Å². The van der Waals surface area contributed by atoms with Crippen LogP contribution in [0.2, 0.25) is 0 Å². The fourth-order valence-electron chi connectivity index (χ4n) is 2.27. The second kappa shape index (κ2) is 7.61. The van der Waals surface area contributed by atoms with Crippen LogP contribution < -0.4 is 15.4 Å². The van der Waals surface area contributed by atoms with E-state index in [4.69, 9.17) is 4.74 Å². The molecule has 5 nitrogen and oxygen atoms in total. The number of hydrogen-bond donors (Lipinski definition) is 2. The molecule has 0 fully saturated rings. The van der Waals surface area contributed by atoms with Crippen molar-refractivity contribution in [3.63, 3.8) is 0 Å². The summed E-state index contributed by atoms with van der Waals surface area (Å²) in [6.07, 6.45) is 1.76. The van der Waals surface area contributed by atoms with Gasteiger partial charge in [0.05, 0.1) is 12.8 Å². The van der Waals surface area contributed by atoms with E-state index in [-0.39, 0.29) is 6.03 Å². The molecule has 6 heteroatoms. The molecule has 2 amide bonds. The fourth-order valence-corrected chi connectivity index (χ4v) is 2.91. The first-order valence-corrected chi connectivity index (χ1v) is 8.36. The topological polar surface area (TPSA) is 63.2 Å². The van der Waals surface area contributed by atoms with E-state index in [1.807, 2.05) is 29.0 Å². The van der Waals surface area contributed by atoms with Crippen molar-refractivity contribution >= 4 is 23.1 Å². The highest BCUT2D eigenvalue weighted by Gasteiger charge is 2.08. The number of hydrogen-bond acceptors (Lipinski definition) is 4. The van der Waals surface area contributed by atoms with Gasteiger partial charge < -0.3 is 15.4 Å². The van der Waals surface area contributed by atoms with Gasteiger partial charge in [0.2, 0.25) is 0 Å². The summed E-state index contributed by atoms with van der Waals surface area (Å²) in [6.45, 7) is 0.404. The standard InChI is InChI=1S/C18H17N3O2S/c1-23-16-6-4-15(5-7-16)21-18(22)20-11-13-3-2-9-19-17(13)14-8-10-24-12-14/h2-10,12H,11H2,1H3,(H2,20,21,22). The Kier molecular flexibility index (Phi) is 5.08. The predicted octanol–water partition coefficient (Wildman–Crippen LogP) is 4.14. The highest BCUT2D eigenvalue weighted by molar-refractivity contribution is 7.08. The monoisotopic (exact) mass is 339 g/mol. The molecule has 0 aliphatic rings. The molecule has 1 aromatic carbocycles. The predicted molar refractivity (Wildman–Crippen MR) is 96.4 cm³/mol. The van der Waals surface area contributed by atoms with Gasteiger partial charge in [-0.25, -0.2) is 4.79 Å². The maximum Gasteiger partial charge on any atom is 0.319 e. The number of rotatable bonds is 5. The first-order valence-electron chi connectivity index (χ1n) is 7.41. The van der Waals surface area contributed by atoms with Gasteiger partial charge in [-0.2, -0.15) is 11.3 Å². The minimum Gasteiger partial charge on any atom is -0.497 e. The largest absolute Gasteiger partial charge is 0.497 e. The number of aromatic nitrogens is 1. The zero-order valence-corrected chi connectivity index (χ0v) is 14.0. The average Bonchev–Trinajstić information content (AvgIpc) is 3.15. The van der Waals surface area contributed by atoms with Gasteiger partial charge >= 0.3 is 6.03 Å². The van der Waals surface area contributed by atoms with Crippen LogP contribution in [0.25, 0.3) is 11.3 Å². The van der Waals surface area contributed by atoms with Gasteiger partial charge in [0.15, 0.2) is 0 Å². The summed E-state index contributed by atoms with van der Waals surface area (Å²) < 4.78 is 5.09. The lowest BCUT2D eigenvalue weighted by Crippen LogP contribution is -2.28. The molecule has 0 aliphatic carbocycles. The lowest BCUT2D eigenvalue weighted by atomic mass is 10.1. The van der Waals surface area contributed by atoms with Gasteiger partial charge in [0, 0.05) is 29.4 Å². The molecule has 2 heterocycles. The molecule has 0 spiro atoms. The fraction of sp³-hybridized carbons (Fsp3) is 0.111. The Morgan fingerprint density at radius 1 is 1.21 bits per heavy atom. The number of ether oxygens (including phenoxy) is 1. The number of nitrogens with one attached hydrogen (secondary N) is 2. The zero-order valence-electron chi connectivity index (χ0n) is 13.2. The summed E-state index contributed by atoms with van der Waals surface area (Å²) in [5.74, 6) is 0.747. The van der Waals surface area contributed by atoms with Crippen molar-refractivity contribution in [2.24, 2.45) is 0 Å². The first kappa shape index (κ1) is 16.0. The van der Waals surface area contributed by atoms with Crippen LogP contribution in [0.3, 0.4) is 0 Å². The summed E-state index contributed by atoms with van der Waals surface area (Å²) in [7, 11) is 1.61. The third kappa shape index (κ3) is 3.91. The molecule has 0 atom stereocenters. The number of methoxy groups -OCH3 is 1. The van der Waals surface area contributed by atoms with Crippen LogP contribution in [0, 0.1) is 0 Å². The summed E-state index contributed by atoms with van der Waals surface area (Å²) in [4.78, 5) is 16.5. The lowest BCUT2D eigenvalue weighted by molar-refractivity contribution is 0.251. The van der Waals surface area contributed by atoms with E-state index in [0.717, 1.165) is 22.6 Å². The molecule has 122 valence electrons. The van der Waals surface area contributed by atoms with Crippen molar-refractivity contribution in [2.45, 2.75) is 6.54 Å². The molecule has 2 N–H and O–H groups in total. The third-order valence-electron chi connectivity index (χ3n) is 3.47. The summed E-state index contributed by atoms with van der Waals surface area (Å²) in [6, 6.07) is 12.8. The molecule has 0 radical (unpaired) electrons. The Bertz CT molecular complexity index is 801. The normalized spacial score (nSPS) is 10.2. The van der Waals surface area contributed by atoms with E-state index in [2.05, 4.69) is 15.6 Å². The van der Waals surface area contributed by atoms with Crippen molar-refractivity contribution in [3.05, 3.63) is 65.0 Å². The van der Waals surface area contributed by atoms with Gasteiger partial charge in [-0.05, 0) is 47.3 Å². The SMILES string of the molecule is COc1ccc(NC(=O)NCc2cccnc2-c2ccsc2)cc1. The number of carbonyl (C=O) groups excluding carboxylic acids is 1. The van der Waals surface area contributed by atoms with Crippen molar-refractivity contribution in [3.8, 4) is 17.0 Å². The summed E-state index contributed by atoms with van der Waals surface area (Å²) in [5.41, 5.74) is 3.63. The van der Waals surface area contributed by atoms with Crippen molar-refractivity contribution in [1.29, 1.82) is 0 Å². The van der Waals surface area contributed by atoms with E-state index in [1.54, 1.807) is 48.9 Å². The van der Waals surface area contributed by atoms with Crippen molar-refractivity contribution in [1.82, 2.24) is 10.3 Å². The lowest BCUT2D eigenvalue weighted by Gasteiger charge is -2.10. The average molecular weight is 339 g/mol. The summed E-state index contributed by atoms with van der Waals surface area (Å²) in [5, 5.41) is 9.71. The Morgan fingerprint density at radius 2 is 2.04 bits per heavy atom. The second-order valence-corrected chi connectivity index (χ2v) is 5.84. The van der Waals surface area contributed by atoms with Crippen LogP contribution in [-0.2, 0) is 6.54 Å². The molecule has 0 aliphatic heterocycles. The Hall–Kier alpha value is -2.86. The number of amides is 2. The molecule has 3 aromatic rings. The number of carbonyl (C=O) groups is 1. The van der Waals surface area contributed by atoms with Crippen LogP contribution in [0.5, 0.6) is 5.75 Å². The van der Waals surface area contributed by atoms with E-state index in [9.17, 15) is 4.79 Å². The molecule has 0 bridgehead atoms. The number of benzene rings is 1. The zero-order chi connectivity index (χ0) is 16.8. The van der Waals surface area contributed by atoms with Crippen LogP contribution in [0.1, 0.15) is 5.56 Å². The van der Waals surface area contributed by atoms with Crippen molar-refractivity contribution < 1.29 is 9.53 Å². The Morgan fingerprint density at radius 3 is 2.75 bits per heavy atom. The van der Waals surface area contributed by atoms with Gasteiger partial charge in [-0.15, -0.1) is 0 Å².